The molecule has 0 saturated carbocycles. The van der Waals surface area contributed by atoms with E-state index in [9.17, 15) is 0 Å². The third-order valence-corrected chi connectivity index (χ3v) is 4.32. The Kier molecular flexibility index (Phi) is 4.82. The summed E-state index contributed by atoms with van der Waals surface area (Å²) in [4.78, 5) is 2.51. The van der Waals surface area contributed by atoms with E-state index in [1.54, 1.807) is 0 Å². The molecule has 0 spiro atoms. The lowest BCUT2D eigenvalue weighted by molar-refractivity contribution is -0.0678. The number of morpholine rings is 1. The summed E-state index contributed by atoms with van der Waals surface area (Å²) in [6.45, 7) is 9.64. The van der Waals surface area contributed by atoms with E-state index in [1.165, 1.54) is 16.7 Å². The van der Waals surface area contributed by atoms with Gasteiger partial charge in [-0.1, -0.05) is 34.1 Å². The molecular formula is C15H22BrNO. The average Bonchev–Trinajstić information content (AvgIpc) is 2.33. The molecule has 0 radical (unpaired) electrons. The Hall–Kier alpha value is -0.380. The van der Waals surface area contributed by atoms with Gasteiger partial charge in [0.15, 0.2) is 0 Å². The zero-order valence-corrected chi connectivity index (χ0v) is 13.0. The number of halogens is 1. The SMILES string of the molecule is Cc1cccc(C)c1CN1CC(C)OC(CBr)C1. The van der Waals surface area contributed by atoms with E-state index in [2.05, 4.69) is 59.8 Å². The van der Waals surface area contributed by atoms with E-state index in [4.69, 9.17) is 4.74 Å². The van der Waals surface area contributed by atoms with Crippen LogP contribution in [0.3, 0.4) is 0 Å². The van der Waals surface area contributed by atoms with Gasteiger partial charge in [0, 0.05) is 25.0 Å². The Morgan fingerprint density at radius 3 is 2.56 bits per heavy atom. The number of benzene rings is 1. The van der Waals surface area contributed by atoms with Crippen LogP contribution in [0.15, 0.2) is 18.2 Å². The molecule has 0 N–H and O–H groups in total. The largest absolute Gasteiger partial charge is 0.372 e. The third-order valence-electron chi connectivity index (χ3n) is 3.60. The van der Waals surface area contributed by atoms with Gasteiger partial charge >= 0.3 is 0 Å². The predicted molar refractivity (Wildman–Crippen MR) is 79.3 cm³/mol. The summed E-state index contributed by atoms with van der Waals surface area (Å²) < 4.78 is 5.88. The zero-order chi connectivity index (χ0) is 13.1. The summed E-state index contributed by atoms with van der Waals surface area (Å²) in [6.07, 6.45) is 0.642. The summed E-state index contributed by atoms with van der Waals surface area (Å²) >= 11 is 3.53. The maximum atomic E-state index is 5.88. The first kappa shape index (κ1) is 14.0. The lowest BCUT2D eigenvalue weighted by atomic mass is 10.0. The highest BCUT2D eigenvalue weighted by atomic mass is 79.9. The summed E-state index contributed by atoms with van der Waals surface area (Å²) in [6, 6.07) is 6.54. The maximum absolute atomic E-state index is 5.88. The number of hydrogen-bond acceptors (Lipinski definition) is 2. The molecule has 0 aromatic heterocycles. The second kappa shape index (κ2) is 6.18. The van der Waals surface area contributed by atoms with Gasteiger partial charge < -0.3 is 4.74 Å². The molecule has 1 fully saturated rings. The molecule has 1 aromatic carbocycles. The second-order valence-corrected chi connectivity index (χ2v) is 5.93. The van der Waals surface area contributed by atoms with Crippen molar-refractivity contribution >= 4 is 15.9 Å². The molecule has 0 amide bonds. The van der Waals surface area contributed by atoms with E-state index < -0.39 is 0 Å². The maximum Gasteiger partial charge on any atom is 0.0802 e. The first-order valence-corrected chi connectivity index (χ1v) is 7.71. The molecule has 2 unspecified atom stereocenters. The molecule has 3 heteroatoms. The standard InChI is InChI=1S/C15H22BrNO/c1-11-5-4-6-12(2)15(11)10-17-8-13(3)18-14(7-16)9-17/h4-6,13-14H,7-10H2,1-3H3. The van der Waals surface area contributed by atoms with E-state index in [-0.39, 0.29) is 0 Å². The highest BCUT2D eigenvalue weighted by Gasteiger charge is 2.24. The lowest BCUT2D eigenvalue weighted by Gasteiger charge is -2.36. The van der Waals surface area contributed by atoms with Crippen LogP contribution in [-0.4, -0.2) is 35.5 Å². The minimum Gasteiger partial charge on any atom is -0.372 e. The third kappa shape index (κ3) is 3.34. The fraction of sp³-hybridized carbons (Fsp3) is 0.600. The summed E-state index contributed by atoms with van der Waals surface area (Å²) in [5, 5.41) is 0.917. The van der Waals surface area contributed by atoms with Crippen molar-refractivity contribution in [2.75, 3.05) is 18.4 Å². The van der Waals surface area contributed by atoms with Crippen molar-refractivity contribution in [2.24, 2.45) is 0 Å². The minimum absolute atomic E-state index is 0.318. The van der Waals surface area contributed by atoms with E-state index in [0.29, 0.717) is 12.2 Å². The Morgan fingerprint density at radius 1 is 1.28 bits per heavy atom. The lowest BCUT2D eigenvalue weighted by Crippen LogP contribution is -2.46. The van der Waals surface area contributed by atoms with Crippen LogP contribution in [0, 0.1) is 13.8 Å². The van der Waals surface area contributed by atoms with Crippen molar-refractivity contribution in [1.29, 1.82) is 0 Å². The topological polar surface area (TPSA) is 12.5 Å². The zero-order valence-electron chi connectivity index (χ0n) is 11.4. The highest BCUT2D eigenvalue weighted by Crippen LogP contribution is 2.20. The fourth-order valence-corrected chi connectivity index (χ4v) is 3.03. The number of hydrogen-bond donors (Lipinski definition) is 0. The Labute approximate surface area is 118 Å². The minimum atomic E-state index is 0.318. The van der Waals surface area contributed by atoms with Gasteiger partial charge in [-0.3, -0.25) is 4.90 Å². The molecule has 100 valence electrons. The van der Waals surface area contributed by atoms with Gasteiger partial charge in [-0.15, -0.1) is 0 Å². The monoisotopic (exact) mass is 311 g/mol. The summed E-state index contributed by atoms with van der Waals surface area (Å²) in [7, 11) is 0. The van der Waals surface area contributed by atoms with E-state index in [0.717, 1.165) is 25.0 Å². The number of alkyl halides is 1. The van der Waals surface area contributed by atoms with Gasteiger partial charge in [0.05, 0.1) is 12.2 Å². The molecule has 1 aliphatic rings. The van der Waals surface area contributed by atoms with E-state index >= 15 is 0 Å². The normalized spacial score (nSPS) is 25.3. The number of rotatable bonds is 3. The van der Waals surface area contributed by atoms with Crippen molar-refractivity contribution in [2.45, 2.75) is 39.5 Å². The van der Waals surface area contributed by atoms with Crippen molar-refractivity contribution in [3.8, 4) is 0 Å². The Bertz CT molecular complexity index is 387. The second-order valence-electron chi connectivity index (χ2n) is 5.29. The van der Waals surface area contributed by atoms with Crippen molar-refractivity contribution in [3.05, 3.63) is 34.9 Å². The molecule has 2 nitrogen and oxygen atoms in total. The number of aryl methyl sites for hydroxylation is 2. The molecule has 0 aliphatic carbocycles. The number of ether oxygens (including phenoxy) is 1. The van der Waals surface area contributed by atoms with Gasteiger partial charge in [0.25, 0.3) is 0 Å². The van der Waals surface area contributed by atoms with Gasteiger partial charge in [-0.2, -0.15) is 0 Å². The van der Waals surface area contributed by atoms with Gasteiger partial charge in [0.1, 0.15) is 0 Å². The Balaban J connectivity index is 2.08. The van der Waals surface area contributed by atoms with Gasteiger partial charge in [-0.05, 0) is 37.5 Å². The highest BCUT2D eigenvalue weighted by molar-refractivity contribution is 9.09. The summed E-state index contributed by atoms with van der Waals surface area (Å²) in [5.41, 5.74) is 4.26. The predicted octanol–water partition coefficient (Wildman–Crippen LogP) is 3.29. The number of nitrogens with zero attached hydrogens (tertiary/aromatic N) is 1. The fourth-order valence-electron chi connectivity index (χ4n) is 2.68. The molecule has 2 atom stereocenters. The molecule has 1 aromatic rings. The van der Waals surface area contributed by atoms with Crippen LogP contribution < -0.4 is 0 Å². The molecule has 1 aliphatic heterocycles. The van der Waals surface area contributed by atoms with E-state index in [1.807, 2.05) is 0 Å². The summed E-state index contributed by atoms with van der Waals surface area (Å²) in [5.74, 6) is 0. The van der Waals surface area contributed by atoms with Crippen molar-refractivity contribution in [3.63, 3.8) is 0 Å². The van der Waals surface area contributed by atoms with Crippen LogP contribution in [0.5, 0.6) is 0 Å². The molecule has 18 heavy (non-hydrogen) atoms. The van der Waals surface area contributed by atoms with Gasteiger partial charge in [0.2, 0.25) is 0 Å². The van der Waals surface area contributed by atoms with Crippen molar-refractivity contribution in [1.82, 2.24) is 4.90 Å². The first-order valence-electron chi connectivity index (χ1n) is 6.59. The first-order chi connectivity index (χ1) is 8.60. The van der Waals surface area contributed by atoms with Crippen LogP contribution in [0.2, 0.25) is 0 Å². The van der Waals surface area contributed by atoms with Crippen LogP contribution in [-0.2, 0) is 11.3 Å². The smallest absolute Gasteiger partial charge is 0.0802 e. The van der Waals surface area contributed by atoms with Crippen LogP contribution >= 0.6 is 15.9 Å². The van der Waals surface area contributed by atoms with Crippen LogP contribution in [0.1, 0.15) is 23.6 Å². The molecule has 0 bridgehead atoms. The van der Waals surface area contributed by atoms with Crippen LogP contribution in [0.4, 0.5) is 0 Å². The molecule has 1 heterocycles. The van der Waals surface area contributed by atoms with Gasteiger partial charge in [-0.25, -0.2) is 0 Å². The quantitative estimate of drug-likeness (QED) is 0.794. The molecule has 1 saturated heterocycles. The van der Waals surface area contributed by atoms with Crippen LogP contribution in [0.25, 0.3) is 0 Å². The van der Waals surface area contributed by atoms with Crippen molar-refractivity contribution < 1.29 is 4.74 Å². The molecular weight excluding hydrogens is 290 g/mol. The average molecular weight is 312 g/mol. The molecule has 2 rings (SSSR count). The Morgan fingerprint density at radius 2 is 1.94 bits per heavy atom.